The van der Waals surface area contributed by atoms with E-state index in [0.29, 0.717) is 12.4 Å². The second-order valence-corrected chi connectivity index (χ2v) is 5.87. The smallest absolute Gasteiger partial charge is 0.358 e. The third-order valence-corrected chi connectivity index (χ3v) is 3.99. The molecule has 1 aliphatic heterocycles. The van der Waals surface area contributed by atoms with Gasteiger partial charge in [0.2, 0.25) is 11.7 Å². The topological polar surface area (TPSA) is 102 Å². The summed E-state index contributed by atoms with van der Waals surface area (Å²) < 4.78 is 1.50. The van der Waals surface area contributed by atoms with Gasteiger partial charge in [-0.05, 0) is 41.3 Å². The first-order valence-corrected chi connectivity index (χ1v) is 7.05. The van der Waals surface area contributed by atoms with Crippen molar-refractivity contribution in [2.75, 3.05) is 19.6 Å². The first-order chi connectivity index (χ1) is 9.89. The summed E-state index contributed by atoms with van der Waals surface area (Å²) >= 11 is 0. The molecule has 2 heterocycles. The number of carbonyl (C=O) groups excluding carboxylic acids is 1. The molecule has 0 spiro atoms. The molecule has 2 N–H and O–H groups in total. The minimum atomic E-state index is -0.558. The van der Waals surface area contributed by atoms with Crippen LogP contribution in [0.3, 0.4) is 0 Å². The number of hydrogen-bond donors (Lipinski definition) is 2. The fraction of sp³-hybridized carbons (Fsp3) is 0.692. The normalized spacial score (nSPS) is 17.4. The Hall–Kier alpha value is -1.96. The summed E-state index contributed by atoms with van der Waals surface area (Å²) in [6, 6.07) is 0. The predicted molar refractivity (Wildman–Crippen MR) is 76.8 cm³/mol. The lowest BCUT2D eigenvalue weighted by molar-refractivity contribution is -0.389. The number of rotatable bonds is 5. The maximum Gasteiger partial charge on any atom is 0.381 e. The number of aryl methyl sites for hydroxylation is 1. The van der Waals surface area contributed by atoms with Gasteiger partial charge in [0.05, 0.1) is 0 Å². The van der Waals surface area contributed by atoms with E-state index in [2.05, 4.69) is 22.5 Å². The summed E-state index contributed by atoms with van der Waals surface area (Å²) in [6.45, 7) is 6.44. The molecule has 8 nitrogen and oxygen atoms in total. The summed E-state index contributed by atoms with van der Waals surface area (Å²) in [7, 11) is 0. The standard InChI is InChI=1S/C13H21N5O3/c1-10-16-11(18(20)21)7-17(10)8-12(19)15-9-13(2)3-5-14-6-4-13/h7,14H,3-6,8-9H2,1-2H3,(H,15,19). The van der Waals surface area contributed by atoms with Gasteiger partial charge in [-0.15, -0.1) is 0 Å². The summed E-state index contributed by atoms with van der Waals surface area (Å²) in [6.07, 6.45) is 3.35. The Morgan fingerprint density at radius 2 is 2.24 bits per heavy atom. The minimum absolute atomic E-state index is 0.0566. The second kappa shape index (κ2) is 6.21. The molecule has 0 radical (unpaired) electrons. The molecule has 0 atom stereocenters. The quantitative estimate of drug-likeness (QED) is 0.612. The van der Waals surface area contributed by atoms with Crippen LogP contribution in [0.4, 0.5) is 5.82 Å². The number of imidazole rings is 1. The fourth-order valence-electron chi connectivity index (χ4n) is 2.47. The van der Waals surface area contributed by atoms with E-state index in [9.17, 15) is 14.9 Å². The van der Waals surface area contributed by atoms with Crippen LogP contribution in [0.5, 0.6) is 0 Å². The van der Waals surface area contributed by atoms with E-state index < -0.39 is 4.92 Å². The average molecular weight is 295 g/mol. The highest BCUT2D eigenvalue weighted by Gasteiger charge is 2.27. The monoisotopic (exact) mass is 295 g/mol. The van der Waals surface area contributed by atoms with Gasteiger partial charge in [0.25, 0.3) is 0 Å². The third-order valence-electron chi connectivity index (χ3n) is 3.99. The van der Waals surface area contributed by atoms with Crippen LogP contribution in [0.1, 0.15) is 25.6 Å². The number of piperidine rings is 1. The number of nitro groups is 1. The highest BCUT2D eigenvalue weighted by atomic mass is 16.6. The zero-order chi connectivity index (χ0) is 15.5. The van der Waals surface area contributed by atoms with Gasteiger partial charge < -0.3 is 20.7 Å². The minimum Gasteiger partial charge on any atom is -0.358 e. The SMILES string of the molecule is Cc1nc([N+](=O)[O-])cn1CC(=O)NCC1(C)CCNCC1. The van der Waals surface area contributed by atoms with E-state index in [1.165, 1.54) is 10.8 Å². The second-order valence-electron chi connectivity index (χ2n) is 5.87. The van der Waals surface area contributed by atoms with Gasteiger partial charge >= 0.3 is 5.82 Å². The van der Waals surface area contributed by atoms with Crippen molar-refractivity contribution in [2.45, 2.75) is 33.2 Å². The lowest BCUT2D eigenvalue weighted by atomic mass is 9.81. The molecule has 1 aliphatic rings. The Balaban J connectivity index is 1.88. The van der Waals surface area contributed by atoms with Gasteiger partial charge in [0, 0.05) is 13.5 Å². The van der Waals surface area contributed by atoms with Crippen molar-refractivity contribution in [1.82, 2.24) is 20.2 Å². The molecule has 2 rings (SSSR count). The molecule has 0 saturated carbocycles. The fourth-order valence-corrected chi connectivity index (χ4v) is 2.47. The first-order valence-electron chi connectivity index (χ1n) is 7.05. The van der Waals surface area contributed by atoms with Gasteiger partial charge in [-0.3, -0.25) is 9.36 Å². The summed E-state index contributed by atoms with van der Waals surface area (Å²) in [5, 5.41) is 16.9. The van der Waals surface area contributed by atoms with Gasteiger partial charge in [-0.25, -0.2) is 0 Å². The van der Waals surface area contributed by atoms with Crippen LogP contribution in [0.15, 0.2) is 6.20 Å². The number of nitrogens with one attached hydrogen (secondary N) is 2. The highest BCUT2D eigenvalue weighted by Crippen LogP contribution is 2.26. The molecule has 21 heavy (non-hydrogen) atoms. The average Bonchev–Trinajstić information content (AvgIpc) is 2.79. The van der Waals surface area contributed by atoms with Crippen molar-refractivity contribution >= 4 is 11.7 Å². The van der Waals surface area contributed by atoms with Crippen molar-refractivity contribution in [3.63, 3.8) is 0 Å². The van der Waals surface area contributed by atoms with Gasteiger partial charge in [-0.2, -0.15) is 0 Å². The predicted octanol–water partition coefficient (Wildman–Crippen LogP) is 0.606. The molecule has 1 aromatic rings. The molecule has 1 aromatic heterocycles. The lowest BCUT2D eigenvalue weighted by Crippen LogP contribution is -2.43. The van der Waals surface area contributed by atoms with E-state index in [1.807, 2.05) is 0 Å². The van der Waals surface area contributed by atoms with Crippen LogP contribution in [0, 0.1) is 22.5 Å². The molecular formula is C13H21N5O3. The van der Waals surface area contributed by atoms with Crippen molar-refractivity contribution in [3.05, 3.63) is 22.1 Å². The zero-order valence-corrected chi connectivity index (χ0v) is 12.4. The Bertz CT molecular complexity index is 534. The zero-order valence-electron chi connectivity index (χ0n) is 12.4. The number of aromatic nitrogens is 2. The van der Waals surface area contributed by atoms with E-state index in [4.69, 9.17) is 0 Å². The Kier molecular flexibility index (Phi) is 4.56. The Morgan fingerprint density at radius 3 is 2.81 bits per heavy atom. The van der Waals surface area contributed by atoms with E-state index in [1.54, 1.807) is 6.92 Å². The van der Waals surface area contributed by atoms with Crippen LogP contribution < -0.4 is 10.6 Å². The molecule has 0 bridgehead atoms. The van der Waals surface area contributed by atoms with Gasteiger partial charge in [0.1, 0.15) is 12.7 Å². The molecule has 8 heteroatoms. The maximum absolute atomic E-state index is 12.0. The van der Waals surface area contributed by atoms with E-state index in [-0.39, 0.29) is 23.7 Å². The number of amides is 1. The molecule has 116 valence electrons. The molecule has 0 aromatic carbocycles. The van der Waals surface area contributed by atoms with Crippen LogP contribution in [-0.4, -0.2) is 40.0 Å². The van der Waals surface area contributed by atoms with Crippen LogP contribution in [0.2, 0.25) is 0 Å². The molecule has 1 saturated heterocycles. The van der Waals surface area contributed by atoms with Crippen molar-refractivity contribution < 1.29 is 9.72 Å². The van der Waals surface area contributed by atoms with Crippen LogP contribution in [-0.2, 0) is 11.3 Å². The Morgan fingerprint density at radius 1 is 1.57 bits per heavy atom. The summed E-state index contributed by atoms with van der Waals surface area (Å²) in [5.41, 5.74) is 0.122. The number of hydrogen-bond acceptors (Lipinski definition) is 5. The molecule has 1 amide bonds. The molecule has 1 fully saturated rings. The van der Waals surface area contributed by atoms with E-state index >= 15 is 0 Å². The summed E-state index contributed by atoms with van der Waals surface area (Å²) in [4.78, 5) is 25.9. The van der Waals surface area contributed by atoms with Crippen LogP contribution >= 0.6 is 0 Å². The van der Waals surface area contributed by atoms with Crippen molar-refractivity contribution in [3.8, 4) is 0 Å². The highest BCUT2D eigenvalue weighted by molar-refractivity contribution is 5.75. The largest absolute Gasteiger partial charge is 0.381 e. The number of nitrogens with zero attached hydrogens (tertiary/aromatic N) is 3. The van der Waals surface area contributed by atoms with E-state index in [0.717, 1.165) is 25.9 Å². The molecule has 0 unspecified atom stereocenters. The first kappa shape index (κ1) is 15.4. The Labute approximate surface area is 123 Å². The van der Waals surface area contributed by atoms with Crippen molar-refractivity contribution in [1.29, 1.82) is 0 Å². The van der Waals surface area contributed by atoms with Crippen molar-refractivity contribution in [2.24, 2.45) is 5.41 Å². The maximum atomic E-state index is 12.0. The lowest BCUT2D eigenvalue weighted by Gasteiger charge is -2.34. The van der Waals surface area contributed by atoms with Gasteiger partial charge in [0.15, 0.2) is 0 Å². The number of carbonyl (C=O) groups is 1. The van der Waals surface area contributed by atoms with Crippen LogP contribution in [0.25, 0.3) is 0 Å². The molecular weight excluding hydrogens is 274 g/mol. The molecule has 0 aliphatic carbocycles. The summed E-state index contributed by atoms with van der Waals surface area (Å²) in [5.74, 6) is 0.0840. The third kappa shape index (κ3) is 4.01. The van der Waals surface area contributed by atoms with Gasteiger partial charge in [-0.1, -0.05) is 6.92 Å².